The molecule has 0 saturated carbocycles. The van der Waals surface area contributed by atoms with Gasteiger partial charge in [-0.3, -0.25) is 0 Å². The highest BCUT2D eigenvalue weighted by Gasteiger charge is 2.14. The number of hydrogen-bond donors (Lipinski definition) is 1. The Morgan fingerprint density at radius 1 is 0.931 bits per heavy atom. The van der Waals surface area contributed by atoms with Crippen molar-refractivity contribution in [3.05, 3.63) is 59.6 Å². The highest BCUT2D eigenvalue weighted by molar-refractivity contribution is 7.93. The summed E-state index contributed by atoms with van der Waals surface area (Å²) in [5.74, 6) is 1.83. The van der Waals surface area contributed by atoms with Gasteiger partial charge in [0.15, 0.2) is 9.84 Å². The number of nitrogens with one attached hydrogen (secondary N) is 1. The Hall–Kier alpha value is -3.13. The van der Waals surface area contributed by atoms with Crippen LogP contribution in [0.5, 0.6) is 23.0 Å². The molecule has 0 heterocycles. The predicted molar refractivity (Wildman–Crippen MR) is 115 cm³/mol. The van der Waals surface area contributed by atoms with Crippen molar-refractivity contribution in [2.45, 2.75) is 5.75 Å². The van der Waals surface area contributed by atoms with E-state index in [0.717, 1.165) is 5.41 Å². The zero-order valence-electron chi connectivity index (χ0n) is 16.9. The lowest BCUT2D eigenvalue weighted by Gasteiger charge is -2.12. The molecule has 7 nitrogen and oxygen atoms in total. The Kier molecular flexibility index (Phi) is 7.55. The molecule has 0 aliphatic carbocycles. The number of rotatable bonds is 10. The lowest BCUT2D eigenvalue weighted by molar-refractivity contribution is 0.374. The van der Waals surface area contributed by atoms with Gasteiger partial charge < -0.3 is 24.3 Å². The molecule has 0 aliphatic rings. The van der Waals surface area contributed by atoms with Gasteiger partial charge in [0.25, 0.3) is 0 Å². The second-order valence-electron chi connectivity index (χ2n) is 5.94. The van der Waals surface area contributed by atoms with Crippen LogP contribution < -0.4 is 24.3 Å². The Morgan fingerprint density at radius 2 is 1.55 bits per heavy atom. The van der Waals surface area contributed by atoms with Crippen molar-refractivity contribution in [3.63, 3.8) is 0 Å². The fraction of sp³-hybridized carbons (Fsp3) is 0.238. The maximum atomic E-state index is 12.7. The van der Waals surface area contributed by atoms with Crippen molar-refractivity contribution < 1.29 is 27.4 Å². The molecule has 156 valence electrons. The van der Waals surface area contributed by atoms with Crippen LogP contribution in [-0.4, -0.2) is 36.9 Å². The molecule has 0 aromatic heterocycles. The summed E-state index contributed by atoms with van der Waals surface area (Å²) >= 11 is 0. The summed E-state index contributed by atoms with van der Waals surface area (Å²) in [7, 11) is 2.48. The zero-order chi connectivity index (χ0) is 21.4. The molecule has 2 aromatic rings. The van der Waals surface area contributed by atoms with Gasteiger partial charge in [-0.2, -0.15) is 0 Å². The van der Waals surface area contributed by atoms with Crippen molar-refractivity contribution in [2.75, 3.05) is 33.8 Å². The highest BCUT2D eigenvalue weighted by Crippen LogP contribution is 2.35. The molecule has 8 heteroatoms. The first-order chi connectivity index (χ1) is 13.9. The molecule has 2 aromatic carbocycles. The lowest BCUT2D eigenvalue weighted by Crippen LogP contribution is -2.02. The third-order valence-corrected chi connectivity index (χ3v) is 5.37. The summed E-state index contributed by atoms with van der Waals surface area (Å²) in [6, 6.07) is 8.43. The highest BCUT2D eigenvalue weighted by atomic mass is 32.2. The number of ether oxygens (including phenoxy) is 4. The van der Waals surface area contributed by atoms with Crippen LogP contribution in [0.3, 0.4) is 0 Å². The average molecular weight is 419 g/mol. The van der Waals surface area contributed by atoms with Crippen molar-refractivity contribution in [2.24, 2.45) is 0 Å². The molecule has 0 unspecified atom stereocenters. The Bertz CT molecular complexity index is 973. The van der Waals surface area contributed by atoms with Crippen LogP contribution in [0.2, 0.25) is 0 Å². The minimum atomic E-state index is -3.57. The smallest absolute Gasteiger partial charge is 0.175 e. The molecule has 0 saturated heterocycles. The van der Waals surface area contributed by atoms with Crippen LogP contribution in [0.15, 0.2) is 48.5 Å². The van der Waals surface area contributed by atoms with Crippen molar-refractivity contribution in [1.82, 2.24) is 0 Å². The summed E-state index contributed by atoms with van der Waals surface area (Å²) in [4.78, 5) is 0. The predicted octanol–water partition coefficient (Wildman–Crippen LogP) is 3.86. The van der Waals surface area contributed by atoms with E-state index in [4.69, 9.17) is 18.9 Å². The normalized spacial score (nSPS) is 11.2. The molecular formula is C21H25NO6S. The van der Waals surface area contributed by atoms with E-state index in [1.54, 1.807) is 37.4 Å². The number of hydrogen-bond acceptors (Lipinski definition) is 7. The third-order valence-electron chi connectivity index (χ3n) is 4.08. The fourth-order valence-electron chi connectivity index (χ4n) is 2.72. The topological polar surface area (TPSA) is 83.1 Å². The van der Waals surface area contributed by atoms with E-state index in [2.05, 4.69) is 11.9 Å². The Balaban J connectivity index is 2.33. The van der Waals surface area contributed by atoms with Gasteiger partial charge in [-0.15, -0.1) is 0 Å². The largest absolute Gasteiger partial charge is 0.496 e. The third kappa shape index (κ3) is 5.68. The van der Waals surface area contributed by atoms with Crippen molar-refractivity contribution in [1.29, 1.82) is 0 Å². The molecule has 0 amide bonds. The van der Waals surface area contributed by atoms with Gasteiger partial charge >= 0.3 is 0 Å². The first-order valence-electron chi connectivity index (χ1n) is 8.62. The van der Waals surface area contributed by atoms with Crippen LogP contribution >= 0.6 is 0 Å². The zero-order valence-corrected chi connectivity index (χ0v) is 17.7. The van der Waals surface area contributed by atoms with Crippen LogP contribution in [0.25, 0.3) is 6.08 Å². The van der Waals surface area contributed by atoms with E-state index in [0.29, 0.717) is 39.8 Å². The van der Waals surface area contributed by atoms with Crippen LogP contribution in [-0.2, 0) is 15.6 Å². The van der Waals surface area contributed by atoms with E-state index in [-0.39, 0.29) is 5.75 Å². The molecule has 29 heavy (non-hydrogen) atoms. The number of sulfone groups is 1. The van der Waals surface area contributed by atoms with E-state index >= 15 is 0 Å². The van der Waals surface area contributed by atoms with E-state index in [9.17, 15) is 8.42 Å². The van der Waals surface area contributed by atoms with Gasteiger partial charge in [0.05, 0.1) is 45.4 Å². The minimum absolute atomic E-state index is 0.180. The Morgan fingerprint density at radius 3 is 2.07 bits per heavy atom. The molecule has 1 N–H and O–H groups in total. The quantitative estimate of drug-likeness (QED) is 0.626. The molecule has 0 spiro atoms. The maximum Gasteiger partial charge on any atom is 0.175 e. The summed E-state index contributed by atoms with van der Waals surface area (Å²) in [5.41, 5.74) is 1.74. The van der Waals surface area contributed by atoms with Gasteiger partial charge in [0.2, 0.25) is 0 Å². The summed E-state index contributed by atoms with van der Waals surface area (Å²) < 4.78 is 46.4. The maximum absolute atomic E-state index is 12.7. The molecule has 0 aliphatic heterocycles. The second-order valence-corrected chi connectivity index (χ2v) is 7.83. The fourth-order valence-corrected chi connectivity index (χ4v) is 3.80. The van der Waals surface area contributed by atoms with Crippen molar-refractivity contribution in [3.8, 4) is 23.0 Å². The van der Waals surface area contributed by atoms with Crippen LogP contribution in [0.1, 0.15) is 11.1 Å². The molecule has 0 atom stereocenters. The SMILES string of the molecule is C=CNc1cc(CS(=O)(=O)/C=C/c2c(OC)cc(OC)cc2OC)ccc1OC. The molecule has 0 bridgehead atoms. The number of anilines is 1. The molecular weight excluding hydrogens is 394 g/mol. The van der Waals surface area contributed by atoms with Crippen molar-refractivity contribution >= 4 is 21.6 Å². The van der Waals surface area contributed by atoms with Gasteiger partial charge in [-0.05, 0) is 30.0 Å². The van der Waals surface area contributed by atoms with E-state index in [1.165, 1.54) is 33.6 Å². The first kappa shape index (κ1) is 22.2. The van der Waals surface area contributed by atoms with E-state index < -0.39 is 9.84 Å². The summed E-state index contributed by atoms with van der Waals surface area (Å²) in [6.07, 6.45) is 2.96. The standard InChI is InChI=1S/C21H25NO6S/c1-6-22-18-11-15(7-8-19(18)26-3)14-29(23,24)10-9-17-20(27-4)12-16(25-2)13-21(17)28-5/h6-13,22H,1,14H2,2-5H3/b10-9+. The van der Waals surface area contributed by atoms with Gasteiger partial charge in [-0.25, -0.2) is 8.42 Å². The van der Waals surface area contributed by atoms with Crippen LogP contribution in [0, 0.1) is 0 Å². The summed E-state index contributed by atoms with van der Waals surface area (Å²) in [6.45, 7) is 3.61. The van der Waals surface area contributed by atoms with Gasteiger partial charge in [0.1, 0.15) is 23.0 Å². The minimum Gasteiger partial charge on any atom is -0.496 e. The first-order valence-corrected chi connectivity index (χ1v) is 10.3. The van der Waals surface area contributed by atoms with E-state index in [1.807, 2.05) is 0 Å². The summed E-state index contributed by atoms with van der Waals surface area (Å²) in [5, 5.41) is 4.08. The number of benzene rings is 2. The number of methoxy groups -OCH3 is 4. The molecule has 0 fully saturated rings. The lowest BCUT2D eigenvalue weighted by atomic mass is 10.1. The molecule has 0 radical (unpaired) electrons. The monoisotopic (exact) mass is 419 g/mol. The Labute approximate surface area is 171 Å². The average Bonchev–Trinajstić information content (AvgIpc) is 2.71. The van der Waals surface area contributed by atoms with Gasteiger partial charge in [-0.1, -0.05) is 12.6 Å². The van der Waals surface area contributed by atoms with Crippen LogP contribution in [0.4, 0.5) is 5.69 Å². The van der Waals surface area contributed by atoms with Gasteiger partial charge in [0, 0.05) is 17.5 Å². The molecule has 2 rings (SSSR count). The second kappa shape index (κ2) is 9.88.